The van der Waals surface area contributed by atoms with Gasteiger partial charge in [-0.3, -0.25) is 0 Å². The van der Waals surface area contributed by atoms with E-state index in [1.54, 1.807) is 12.2 Å². The zero-order valence-corrected chi connectivity index (χ0v) is 6.81. The molecular weight excluding hydrogens is 165 g/mol. The van der Waals surface area contributed by atoms with Crippen molar-refractivity contribution in [2.75, 3.05) is 0 Å². The lowest BCUT2D eigenvalue weighted by Crippen LogP contribution is -1.99. The van der Waals surface area contributed by atoms with Crippen molar-refractivity contribution in [1.82, 2.24) is 0 Å². The highest BCUT2D eigenvalue weighted by atomic mass is 19.4. The van der Waals surface area contributed by atoms with Crippen LogP contribution in [0.3, 0.4) is 0 Å². The van der Waals surface area contributed by atoms with Crippen LogP contribution in [0.2, 0.25) is 0 Å². The smallest absolute Gasteiger partial charge is 0.167 e. The number of hydrogen-bond acceptors (Lipinski definition) is 0. The third-order valence-electron chi connectivity index (χ3n) is 1.18. The number of alkyl halides is 3. The number of rotatable bonds is 3. The minimum Gasteiger partial charge on any atom is -0.167 e. The molecule has 0 nitrogen and oxygen atoms in total. The number of allylic oxidation sites excluding steroid dienone is 5. The van der Waals surface area contributed by atoms with Crippen LogP contribution in [-0.4, -0.2) is 6.18 Å². The first kappa shape index (κ1) is 11.0. The van der Waals surface area contributed by atoms with Crippen molar-refractivity contribution < 1.29 is 13.2 Å². The molecule has 0 aliphatic heterocycles. The molecule has 0 amide bonds. The van der Waals surface area contributed by atoms with Crippen molar-refractivity contribution in [3.63, 3.8) is 0 Å². The van der Waals surface area contributed by atoms with Crippen molar-refractivity contribution in [2.45, 2.75) is 13.1 Å². The summed E-state index contributed by atoms with van der Waals surface area (Å²) in [7, 11) is 0. The molecule has 0 saturated heterocycles. The maximum absolute atomic E-state index is 11.5. The van der Waals surface area contributed by atoms with Crippen LogP contribution in [-0.2, 0) is 0 Å². The Balaban J connectivity index is 3.89. The van der Waals surface area contributed by atoms with Gasteiger partial charge in [-0.2, -0.15) is 13.2 Å². The number of halogens is 3. The van der Waals surface area contributed by atoms with Gasteiger partial charge in [-0.15, -0.1) is 6.58 Å². The maximum Gasteiger partial charge on any atom is 0.409 e. The molecule has 0 heterocycles. The first-order valence-electron chi connectivity index (χ1n) is 3.51. The molecular formula is C9H11F3. The summed E-state index contributed by atoms with van der Waals surface area (Å²) in [5, 5.41) is 0. The average Bonchev–Trinajstić information content (AvgIpc) is 1.96. The van der Waals surface area contributed by atoms with Crippen LogP contribution < -0.4 is 0 Å². The molecule has 0 radical (unpaired) electrons. The Morgan fingerprint density at radius 3 is 2.25 bits per heavy atom. The summed E-state index contributed by atoms with van der Waals surface area (Å²) in [4.78, 5) is 0. The fourth-order valence-corrected chi connectivity index (χ4v) is 0.483. The van der Waals surface area contributed by atoms with Gasteiger partial charge in [-0.05, 0) is 5.92 Å². The minimum atomic E-state index is -4.22. The molecule has 0 rings (SSSR count). The van der Waals surface area contributed by atoms with Crippen LogP contribution in [0.15, 0.2) is 37.0 Å². The summed E-state index contributed by atoms with van der Waals surface area (Å²) < 4.78 is 34.6. The molecule has 0 spiro atoms. The average molecular weight is 176 g/mol. The lowest BCUT2D eigenvalue weighted by molar-refractivity contribution is -0.0798. The van der Waals surface area contributed by atoms with Gasteiger partial charge >= 0.3 is 6.18 Å². The van der Waals surface area contributed by atoms with Crippen molar-refractivity contribution >= 4 is 0 Å². The summed E-state index contributed by atoms with van der Waals surface area (Å²) in [6.45, 7) is 5.33. The number of hydrogen-bond donors (Lipinski definition) is 0. The summed E-state index contributed by atoms with van der Waals surface area (Å²) in [6.07, 6.45) is 1.59. The van der Waals surface area contributed by atoms with Crippen LogP contribution in [0.4, 0.5) is 13.2 Å². The molecule has 1 atom stereocenters. The summed E-state index contributed by atoms with van der Waals surface area (Å²) >= 11 is 0. The minimum absolute atomic E-state index is 0.0999. The van der Waals surface area contributed by atoms with E-state index in [2.05, 4.69) is 6.58 Å². The second-order valence-electron chi connectivity index (χ2n) is 2.38. The predicted octanol–water partition coefficient (Wildman–Crippen LogP) is 3.48. The maximum atomic E-state index is 11.5. The normalized spacial score (nSPS) is 15.7. The molecule has 1 unspecified atom stereocenters. The molecule has 0 fully saturated rings. The van der Waals surface area contributed by atoms with Crippen LogP contribution in [0.1, 0.15) is 6.92 Å². The fourth-order valence-electron chi connectivity index (χ4n) is 0.483. The molecule has 0 saturated carbocycles. The molecule has 12 heavy (non-hydrogen) atoms. The van der Waals surface area contributed by atoms with Gasteiger partial charge in [0.25, 0.3) is 0 Å². The molecule has 0 aliphatic rings. The fraction of sp³-hybridized carbons (Fsp3) is 0.333. The van der Waals surface area contributed by atoms with Gasteiger partial charge in [-0.1, -0.05) is 31.2 Å². The van der Waals surface area contributed by atoms with Crippen molar-refractivity contribution in [1.29, 1.82) is 0 Å². The van der Waals surface area contributed by atoms with E-state index >= 15 is 0 Å². The van der Waals surface area contributed by atoms with Gasteiger partial charge in [0.2, 0.25) is 0 Å². The molecule has 0 aromatic rings. The summed E-state index contributed by atoms with van der Waals surface area (Å²) in [6, 6.07) is 0. The van der Waals surface area contributed by atoms with E-state index in [4.69, 9.17) is 0 Å². The summed E-state index contributed by atoms with van der Waals surface area (Å²) in [5.74, 6) is 0.0999. The molecule has 0 aromatic heterocycles. The molecule has 0 aromatic carbocycles. The lowest BCUT2D eigenvalue weighted by Gasteiger charge is -1.95. The monoisotopic (exact) mass is 176 g/mol. The predicted molar refractivity (Wildman–Crippen MR) is 43.7 cm³/mol. The van der Waals surface area contributed by atoms with Crippen molar-refractivity contribution in [2.24, 2.45) is 5.92 Å². The SMILES string of the molecule is C=CC(C)C=CC=CC(F)(F)F. The first-order chi connectivity index (χ1) is 5.45. The standard InChI is InChI=1S/C9H11F3/c1-3-8(2)6-4-5-7-9(10,11)12/h3-8H,1H2,2H3. The van der Waals surface area contributed by atoms with E-state index < -0.39 is 6.18 Å². The Morgan fingerprint density at radius 1 is 1.25 bits per heavy atom. The largest absolute Gasteiger partial charge is 0.409 e. The molecule has 0 N–H and O–H groups in total. The van der Waals surface area contributed by atoms with Gasteiger partial charge in [0, 0.05) is 6.08 Å². The Kier molecular flexibility index (Phi) is 4.40. The Bertz CT molecular complexity index is 186. The van der Waals surface area contributed by atoms with E-state index in [9.17, 15) is 13.2 Å². The highest BCUT2D eigenvalue weighted by molar-refractivity contribution is 5.08. The van der Waals surface area contributed by atoms with Crippen LogP contribution in [0.5, 0.6) is 0 Å². The quantitative estimate of drug-likeness (QED) is 0.456. The first-order valence-corrected chi connectivity index (χ1v) is 3.51. The Morgan fingerprint density at radius 2 is 1.83 bits per heavy atom. The van der Waals surface area contributed by atoms with E-state index in [-0.39, 0.29) is 12.0 Å². The van der Waals surface area contributed by atoms with Gasteiger partial charge in [0.05, 0.1) is 0 Å². The molecule has 3 heteroatoms. The molecule has 0 aliphatic carbocycles. The van der Waals surface area contributed by atoms with Crippen molar-refractivity contribution in [3.05, 3.63) is 37.0 Å². The Hall–Kier alpha value is -0.990. The van der Waals surface area contributed by atoms with Crippen LogP contribution in [0.25, 0.3) is 0 Å². The van der Waals surface area contributed by atoms with E-state index in [1.165, 1.54) is 6.08 Å². The Labute approximate surface area is 70.1 Å². The highest BCUT2D eigenvalue weighted by Gasteiger charge is 2.21. The van der Waals surface area contributed by atoms with Crippen molar-refractivity contribution in [3.8, 4) is 0 Å². The topological polar surface area (TPSA) is 0 Å². The lowest BCUT2D eigenvalue weighted by atomic mass is 10.2. The third-order valence-corrected chi connectivity index (χ3v) is 1.18. The van der Waals surface area contributed by atoms with Gasteiger partial charge < -0.3 is 0 Å². The van der Waals surface area contributed by atoms with Crippen LogP contribution >= 0.6 is 0 Å². The molecule has 0 bridgehead atoms. The third kappa shape index (κ3) is 7.12. The van der Waals surface area contributed by atoms with Gasteiger partial charge in [-0.25, -0.2) is 0 Å². The van der Waals surface area contributed by atoms with Gasteiger partial charge in [0.1, 0.15) is 0 Å². The summed E-state index contributed by atoms with van der Waals surface area (Å²) in [5.41, 5.74) is 0. The molecule has 68 valence electrons. The van der Waals surface area contributed by atoms with E-state index in [1.807, 2.05) is 6.92 Å². The van der Waals surface area contributed by atoms with E-state index in [0.717, 1.165) is 6.08 Å². The van der Waals surface area contributed by atoms with E-state index in [0.29, 0.717) is 0 Å². The highest BCUT2D eigenvalue weighted by Crippen LogP contribution is 2.15. The zero-order valence-electron chi connectivity index (χ0n) is 6.81. The van der Waals surface area contributed by atoms with Crippen LogP contribution in [0, 0.1) is 5.92 Å². The second-order valence-corrected chi connectivity index (χ2v) is 2.38. The van der Waals surface area contributed by atoms with Gasteiger partial charge in [0.15, 0.2) is 0 Å². The second kappa shape index (κ2) is 4.80. The zero-order chi connectivity index (χ0) is 9.61.